The molecule has 0 aliphatic carbocycles. The highest BCUT2D eigenvalue weighted by Crippen LogP contribution is 2.19. The van der Waals surface area contributed by atoms with Crippen molar-refractivity contribution < 1.29 is 8.42 Å². The van der Waals surface area contributed by atoms with Crippen LogP contribution in [0.5, 0.6) is 0 Å². The third-order valence-corrected chi connectivity index (χ3v) is 5.25. The van der Waals surface area contributed by atoms with Crippen molar-refractivity contribution in [2.45, 2.75) is 31.8 Å². The van der Waals surface area contributed by atoms with Crippen LogP contribution < -0.4 is 4.72 Å². The Balaban J connectivity index is 1.83. The van der Waals surface area contributed by atoms with Gasteiger partial charge in [-0.15, -0.1) is 0 Å². The number of aryl methyl sites for hydroxylation is 2. The molecule has 1 heterocycles. The topological polar surface area (TPSA) is 64.0 Å². The molecule has 0 fully saturated rings. The summed E-state index contributed by atoms with van der Waals surface area (Å²) in [5.74, 6) is 0. The molecule has 3 aromatic rings. The molecule has 0 radical (unpaired) electrons. The first-order valence-electron chi connectivity index (χ1n) is 7.51. The van der Waals surface area contributed by atoms with Gasteiger partial charge in [0.05, 0.1) is 10.6 Å². The molecule has 0 bridgehead atoms. The van der Waals surface area contributed by atoms with Crippen LogP contribution in [-0.4, -0.2) is 18.2 Å². The van der Waals surface area contributed by atoms with Gasteiger partial charge in [-0.05, 0) is 36.8 Å². The van der Waals surface area contributed by atoms with E-state index in [-0.39, 0.29) is 11.4 Å². The van der Waals surface area contributed by atoms with Gasteiger partial charge >= 0.3 is 0 Å². The lowest BCUT2D eigenvalue weighted by atomic mass is 10.1. The fraction of sp³-hybridized carbons (Fsp3) is 0.235. The summed E-state index contributed by atoms with van der Waals surface area (Å²) in [6.07, 6.45) is 1.87. The average molecular weight is 329 g/mol. The van der Waals surface area contributed by atoms with E-state index >= 15 is 0 Å². The van der Waals surface area contributed by atoms with Gasteiger partial charge in [-0.1, -0.05) is 30.3 Å². The Hall–Kier alpha value is -2.18. The number of hydrogen-bond acceptors (Lipinski definition) is 3. The van der Waals surface area contributed by atoms with E-state index in [2.05, 4.69) is 9.82 Å². The van der Waals surface area contributed by atoms with Gasteiger partial charge in [0.25, 0.3) is 0 Å². The second-order valence-electron chi connectivity index (χ2n) is 5.43. The first-order valence-corrected chi connectivity index (χ1v) is 8.99. The van der Waals surface area contributed by atoms with E-state index in [9.17, 15) is 8.42 Å². The molecule has 0 unspecified atom stereocenters. The van der Waals surface area contributed by atoms with Gasteiger partial charge in [0.2, 0.25) is 10.0 Å². The molecule has 0 amide bonds. The summed E-state index contributed by atoms with van der Waals surface area (Å²) in [7, 11) is -3.55. The Kier molecular flexibility index (Phi) is 4.19. The highest BCUT2D eigenvalue weighted by molar-refractivity contribution is 7.89. The van der Waals surface area contributed by atoms with E-state index < -0.39 is 10.0 Å². The molecule has 23 heavy (non-hydrogen) atoms. The minimum Gasteiger partial charge on any atom is -0.272 e. The lowest BCUT2D eigenvalue weighted by molar-refractivity contribution is 0.581. The van der Waals surface area contributed by atoms with Crippen molar-refractivity contribution >= 4 is 20.8 Å². The average Bonchev–Trinajstić information content (AvgIpc) is 2.93. The van der Waals surface area contributed by atoms with Crippen molar-refractivity contribution in [3.8, 4) is 0 Å². The second-order valence-corrected chi connectivity index (χ2v) is 7.20. The molecule has 120 valence electrons. The number of nitrogens with zero attached hydrogens (tertiary/aromatic N) is 2. The van der Waals surface area contributed by atoms with E-state index in [4.69, 9.17) is 0 Å². The van der Waals surface area contributed by atoms with Crippen molar-refractivity contribution in [2.24, 2.45) is 0 Å². The lowest BCUT2D eigenvalue weighted by Crippen LogP contribution is -2.23. The van der Waals surface area contributed by atoms with E-state index in [0.29, 0.717) is 0 Å². The number of aromatic nitrogens is 2. The molecule has 2 aromatic carbocycles. The Morgan fingerprint density at radius 2 is 1.87 bits per heavy atom. The highest BCUT2D eigenvalue weighted by Gasteiger charge is 2.15. The Morgan fingerprint density at radius 1 is 1.13 bits per heavy atom. The van der Waals surface area contributed by atoms with E-state index in [1.54, 1.807) is 16.8 Å². The SMILES string of the molecule is CCn1cc(CNS(=O)(=O)c2ccc3ccccc3c2)c(C)n1. The smallest absolute Gasteiger partial charge is 0.240 e. The fourth-order valence-electron chi connectivity index (χ4n) is 2.49. The van der Waals surface area contributed by atoms with Crippen molar-refractivity contribution in [3.63, 3.8) is 0 Å². The summed E-state index contributed by atoms with van der Waals surface area (Å²) in [5, 5.41) is 6.25. The first kappa shape index (κ1) is 15.7. The minimum absolute atomic E-state index is 0.237. The summed E-state index contributed by atoms with van der Waals surface area (Å²) in [6, 6.07) is 12.8. The van der Waals surface area contributed by atoms with Crippen molar-refractivity contribution in [3.05, 3.63) is 59.9 Å². The normalized spacial score (nSPS) is 11.9. The highest BCUT2D eigenvalue weighted by atomic mass is 32.2. The molecule has 6 heteroatoms. The third kappa shape index (κ3) is 3.28. The van der Waals surface area contributed by atoms with Crippen LogP contribution in [0.15, 0.2) is 53.6 Å². The molecule has 3 rings (SSSR count). The number of benzene rings is 2. The number of hydrogen-bond donors (Lipinski definition) is 1. The van der Waals surface area contributed by atoms with Crippen LogP contribution >= 0.6 is 0 Å². The fourth-order valence-corrected chi connectivity index (χ4v) is 3.53. The Bertz CT molecular complexity index is 945. The molecule has 0 aliphatic rings. The summed E-state index contributed by atoms with van der Waals surface area (Å²) < 4.78 is 29.5. The predicted molar refractivity (Wildman–Crippen MR) is 90.6 cm³/mol. The lowest BCUT2D eigenvalue weighted by Gasteiger charge is -2.07. The maximum absolute atomic E-state index is 12.5. The molecular formula is C17H19N3O2S. The van der Waals surface area contributed by atoms with Crippen molar-refractivity contribution in [2.75, 3.05) is 0 Å². The maximum atomic E-state index is 12.5. The van der Waals surface area contributed by atoms with Crippen LogP contribution in [0.3, 0.4) is 0 Å². The van der Waals surface area contributed by atoms with Crippen LogP contribution in [-0.2, 0) is 23.1 Å². The number of sulfonamides is 1. The van der Waals surface area contributed by atoms with Crippen LogP contribution in [0.2, 0.25) is 0 Å². The molecule has 0 aliphatic heterocycles. The third-order valence-electron chi connectivity index (χ3n) is 3.86. The zero-order valence-corrected chi connectivity index (χ0v) is 14.0. The molecule has 1 aromatic heterocycles. The van der Waals surface area contributed by atoms with Crippen molar-refractivity contribution in [1.82, 2.24) is 14.5 Å². The maximum Gasteiger partial charge on any atom is 0.240 e. The molecule has 0 atom stereocenters. The standard InChI is InChI=1S/C17H19N3O2S/c1-3-20-12-16(13(2)19-20)11-18-23(21,22)17-9-8-14-6-4-5-7-15(14)10-17/h4-10,12,18H,3,11H2,1-2H3. The first-order chi connectivity index (χ1) is 11.0. The summed E-state index contributed by atoms with van der Waals surface area (Å²) in [4.78, 5) is 0.275. The number of fused-ring (bicyclic) bond motifs is 1. The van der Waals surface area contributed by atoms with Crippen LogP contribution in [0, 0.1) is 6.92 Å². The van der Waals surface area contributed by atoms with Crippen LogP contribution in [0.1, 0.15) is 18.2 Å². The predicted octanol–water partition coefficient (Wildman–Crippen LogP) is 2.84. The van der Waals surface area contributed by atoms with Gasteiger partial charge in [0.15, 0.2) is 0 Å². The molecule has 0 saturated heterocycles. The quantitative estimate of drug-likeness (QED) is 0.783. The zero-order chi connectivity index (χ0) is 16.4. The monoisotopic (exact) mass is 329 g/mol. The molecule has 1 N–H and O–H groups in total. The van der Waals surface area contributed by atoms with Gasteiger partial charge in [0, 0.05) is 24.8 Å². The summed E-state index contributed by atoms with van der Waals surface area (Å²) in [5.41, 5.74) is 1.73. The summed E-state index contributed by atoms with van der Waals surface area (Å²) >= 11 is 0. The van der Waals surface area contributed by atoms with Gasteiger partial charge in [0.1, 0.15) is 0 Å². The molecule has 0 spiro atoms. The minimum atomic E-state index is -3.55. The van der Waals surface area contributed by atoms with Gasteiger partial charge < -0.3 is 0 Å². The van der Waals surface area contributed by atoms with Gasteiger partial charge in [-0.2, -0.15) is 5.10 Å². The van der Waals surface area contributed by atoms with Crippen LogP contribution in [0.4, 0.5) is 0 Å². The molecule has 0 saturated carbocycles. The van der Waals surface area contributed by atoms with Crippen molar-refractivity contribution in [1.29, 1.82) is 0 Å². The van der Waals surface area contributed by atoms with Gasteiger partial charge in [-0.25, -0.2) is 13.1 Å². The number of rotatable bonds is 5. The second kappa shape index (κ2) is 6.14. The number of nitrogens with one attached hydrogen (secondary N) is 1. The van der Waals surface area contributed by atoms with Crippen LogP contribution in [0.25, 0.3) is 10.8 Å². The Labute approximate surface area is 136 Å². The van der Waals surface area contributed by atoms with E-state index in [1.165, 1.54) is 0 Å². The van der Waals surface area contributed by atoms with E-state index in [0.717, 1.165) is 28.6 Å². The Morgan fingerprint density at radius 3 is 2.57 bits per heavy atom. The van der Waals surface area contributed by atoms with E-state index in [1.807, 2.05) is 50.4 Å². The summed E-state index contributed by atoms with van der Waals surface area (Å²) in [6.45, 7) is 4.88. The molecular weight excluding hydrogens is 310 g/mol. The van der Waals surface area contributed by atoms with Gasteiger partial charge in [-0.3, -0.25) is 4.68 Å². The zero-order valence-electron chi connectivity index (χ0n) is 13.2. The largest absolute Gasteiger partial charge is 0.272 e. The molecule has 5 nitrogen and oxygen atoms in total.